The van der Waals surface area contributed by atoms with Crippen LogP contribution in [0.5, 0.6) is 0 Å². The molecule has 0 bridgehead atoms. The van der Waals surface area contributed by atoms with Crippen LogP contribution in [-0.2, 0) is 23.1 Å². The third-order valence-corrected chi connectivity index (χ3v) is 3.53. The molecule has 1 heterocycles. The molecule has 0 aromatic carbocycles. The SMILES string of the molecule is Cn1ccnc1CCSCCC(NC=O)C(=O)O. The van der Waals surface area contributed by atoms with Crippen LogP contribution < -0.4 is 5.32 Å². The molecule has 0 radical (unpaired) electrons. The predicted molar refractivity (Wildman–Crippen MR) is 69.5 cm³/mol. The van der Waals surface area contributed by atoms with E-state index in [0.717, 1.165) is 18.0 Å². The summed E-state index contributed by atoms with van der Waals surface area (Å²) in [6.07, 6.45) is 5.37. The van der Waals surface area contributed by atoms with Gasteiger partial charge in [0.2, 0.25) is 6.41 Å². The molecule has 0 aliphatic heterocycles. The summed E-state index contributed by atoms with van der Waals surface area (Å²) in [7, 11) is 1.95. The van der Waals surface area contributed by atoms with Crippen LogP contribution in [0, 0.1) is 0 Å². The Morgan fingerprint density at radius 1 is 1.67 bits per heavy atom. The molecule has 1 aromatic rings. The van der Waals surface area contributed by atoms with Gasteiger partial charge in [-0.1, -0.05) is 0 Å². The van der Waals surface area contributed by atoms with Crippen LogP contribution in [0.15, 0.2) is 12.4 Å². The largest absolute Gasteiger partial charge is 0.480 e. The van der Waals surface area contributed by atoms with E-state index in [1.54, 1.807) is 18.0 Å². The zero-order chi connectivity index (χ0) is 13.4. The number of carbonyl (C=O) groups is 2. The van der Waals surface area contributed by atoms with Gasteiger partial charge in [-0.2, -0.15) is 11.8 Å². The van der Waals surface area contributed by atoms with E-state index in [9.17, 15) is 9.59 Å². The Hall–Kier alpha value is -1.50. The fourth-order valence-corrected chi connectivity index (χ4v) is 2.40. The second-order valence-electron chi connectivity index (χ2n) is 3.78. The van der Waals surface area contributed by atoms with Crippen molar-refractivity contribution in [1.82, 2.24) is 14.9 Å². The van der Waals surface area contributed by atoms with Gasteiger partial charge in [-0.05, 0) is 12.2 Å². The Morgan fingerprint density at radius 2 is 2.44 bits per heavy atom. The van der Waals surface area contributed by atoms with E-state index in [0.29, 0.717) is 18.6 Å². The molecule has 1 aromatic heterocycles. The van der Waals surface area contributed by atoms with Gasteiger partial charge in [0.1, 0.15) is 11.9 Å². The number of aromatic nitrogens is 2. The lowest BCUT2D eigenvalue weighted by Gasteiger charge is -2.10. The molecule has 1 atom stereocenters. The number of imidazole rings is 1. The van der Waals surface area contributed by atoms with Gasteiger partial charge in [-0.25, -0.2) is 9.78 Å². The molecule has 0 fully saturated rings. The molecule has 2 N–H and O–H groups in total. The number of hydrogen-bond donors (Lipinski definition) is 2. The number of nitrogens with zero attached hydrogens (tertiary/aromatic N) is 2. The normalized spacial score (nSPS) is 12.1. The highest BCUT2D eigenvalue weighted by Gasteiger charge is 2.15. The first-order valence-corrected chi connectivity index (χ1v) is 6.77. The number of thioether (sulfide) groups is 1. The van der Waals surface area contributed by atoms with Crippen molar-refractivity contribution < 1.29 is 14.7 Å². The fourth-order valence-electron chi connectivity index (χ4n) is 1.46. The van der Waals surface area contributed by atoms with Gasteiger partial charge in [0.05, 0.1) is 0 Å². The summed E-state index contributed by atoms with van der Waals surface area (Å²) in [5, 5.41) is 11.1. The van der Waals surface area contributed by atoms with Crippen LogP contribution in [0.25, 0.3) is 0 Å². The number of carboxylic acid groups (broad SMARTS) is 1. The van der Waals surface area contributed by atoms with Crippen molar-refractivity contribution in [2.75, 3.05) is 11.5 Å². The number of carbonyl (C=O) groups excluding carboxylic acids is 1. The molecular weight excluding hydrogens is 254 g/mol. The Morgan fingerprint density at radius 3 is 3.00 bits per heavy atom. The molecule has 100 valence electrons. The first kappa shape index (κ1) is 14.6. The number of rotatable bonds is 9. The summed E-state index contributed by atoms with van der Waals surface area (Å²) in [5.41, 5.74) is 0. The Kier molecular flexibility index (Phi) is 6.27. The molecule has 0 aliphatic rings. The molecule has 0 aliphatic carbocycles. The summed E-state index contributed by atoms with van der Waals surface area (Å²) in [4.78, 5) is 25.2. The molecule has 0 saturated carbocycles. The number of carboxylic acids is 1. The Labute approximate surface area is 110 Å². The third kappa shape index (κ3) is 4.79. The standard InChI is InChI=1S/C11H17N3O3S/c1-14-5-4-12-10(14)3-7-18-6-2-9(11(16)17)13-8-15/h4-5,8-9H,2-3,6-7H2,1H3,(H,13,15)(H,16,17). The average molecular weight is 271 g/mol. The van der Waals surface area contributed by atoms with Gasteiger partial charge in [0.25, 0.3) is 0 Å². The minimum Gasteiger partial charge on any atom is -0.480 e. The predicted octanol–water partition coefficient (Wildman–Crippen LogP) is 0.285. The minimum atomic E-state index is -0.994. The molecule has 6 nitrogen and oxygen atoms in total. The molecule has 0 spiro atoms. The number of aryl methyl sites for hydroxylation is 2. The van der Waals surface area contributed by atoms with E-state index in [2.05, 4.69) is 10.3 Å². The summed E-state index contributed by atoms with van der Waals surface area (Å²) < 4.78 is 1.97. The van der Waals surface area contributed by atoms with Crippen molar-refractivity contribution >= 4 is 24.1 Å². The van der Waals surface area contributed by atoms with Gasteiger partial charge in [0.15, 0.2) is 0 Å². The van der Waals surface area contributed by atoms with Crippen molar-refractivity contribution in [1.29, 1.82) is 0 Å². The van der Waals surface area contributed by atoms with Crippen molar-refractivity contribution in [3.8, 4) is 0 Å². The Bertz CT molecular complexity index is 395. The van der Waals surface area contributed by atoms with Gasteiger partial charge < -0.3 is 15.0 Å². The van der Waals surface area contributed by atoms with Crippen molar-refractivity contribution in [3.05, 3.63) is 18.2 Å². The van der Waals surface area contributed by atoms with Gasteiger partial charge in [0, 0.05) is 31.6 Å². The van der Waals surface area contributed by atoms with Crippen LogP contribution in [0.3, 0.4) is 0 Å². The zero-order valence-electron chi connectivity index (χ0n) is 10.2. The smallest absolute Gasteiger partial charge is 0.326 e. The molecular formula is C11H17N3O3S. The van der Waals surface area contributed by atoms with Crippen LogP contribution in [0.4, 0.5) is 0 Å². The fraction of sp³-hybridized carbons (Fsp3) is 0.545. The number of amides is 1. The summed E-state index contributed by atoms with van der Waals surface area (Å²) in [5.74, 6) is 1.61. The van der Waals surface area contributed by atoms with Crippen molar-refractivity contribution in [2.24, 2.45) is 7.05 Å². The first-order valence-electron chi connectivity index (χ1n) is 5.61. The van der Waals surface area contributed by atoms with Crippen LogP contribution in [0.1, 0.15) is 12.2 Å². The number of nitrogens with one attached hydrogen (secondary N) is 1. The maximum Gasteiger partial charge on any atom is 0.326 e. The monoisotopic (exact) mass is 271 g/mol. The lowest BCUT2D eigenvalue weighted by atomic mass is 10.2. The van der Waals surface area contributed by atoms with E-state index >= 15 is 0 Å². The highest BCUT2D eigenvalue weighted by Crippen LogP contribution is 2.08. The van der Waals surface area contributed by atoms with Crippen molar-refractivity contribution in [3.63, 3.8) is 0 Å². The third-order valence-electron chi connectivity index (χ3n) is 2.51. The Balaban J connectivity index is 2.16. The molecule has 0 saturated heterocycles. The summed E-state index contributed by atoms with van der Waals surface area (Å²) in [6.45, 7) is 0. The maximum absolute atomic E-state index is 10.7. The zero-order valence-corrected chi connectivity index (χ0v) is 11.0. The van der Waals surface area contributed by atoms with E-state index in [1.807, 2.05) is 17.8 Å². The lowest BCUT2D eigenvalue weighted by molar-refractivity contribution is -0.140. The van der Waals surface area contributed by atoms with E-state index in [4.69, 9.17) is 5.11 Å². The first-order chi connectivity index (χ1) is 8.65. The van der Waals surface area contributed by atoms with Gasteiger partial charge in [-0.15, -0.1) is 0 Å². The van der Waals surface area contributed by atoms with E-state index in [1.165, 1.54) is 0 Å². The van der Waals surface area contributed by atoms with E-state index in [-0.39, 0.29) is 0 Å². The average Bonchev–Trinajstić information content (AvgIpc) is 2.73. The maximum atomic E-state index is 10.7. The summed E-state index contributed by atoms with van der Waals surface area (Å²) in [6, 6.07) is -0.789. The lowest BCUT2D eigenvalue weighted by Crippen LogP contribution is -2.36. The second-order valence-corrected chi connectivity index (χ2v) is 5.01. The molecule has 18 heavy (non-hydrogen) atoms. The topological polar surface area (TPSA) is 84.2 Å². The van der Waals surface area contributed by atoms with Gasteiger partial charge in [-0.3, -0.25) is 4.79 Å². The van der Waals surface area contributed by atoms with Crippen molar-refractivity contribution in [2.45, 2.75) is 18.9 Å². The highest BCUT2D eigenvalue weighted by molar-refractivity contribution is 7.99. The minimum absolute atomic E-state index is 0.428. The second kappa shape index (κ2) is 7.75. The van der Waals surface area contributed by atoms with Crippen LogP contribution in [-0.4, -0.2) is 44.6 Å². The number of hydrogen-bond acceptors (Lipinski definition) is 4. The molecule has 1 unspecified atom stereocenters. The van der Waals surface area contributed by atoms with Crippen LogP contribution in [0.2, 0.25) is 0 Å². The molecule has 1 amide bonds. The van der Waals surface area contributed by atoms with Gasteiger partial charge >= 0.3 is 5.97 Å². The summed E-state index contributed by atoms with van der Waals surface area (Å²) >= 11 is 1.66. The molecule has 1 rings (SSSR count). The highest BCUT2D eigenvalue weighted by atomic mass is 32.2. The van der Waals surface area contributed by atoms with Crippen LogP contribution >= 0.6 is 11.8 Å². The number of aliphatic carboxylic acids is 1. The molecule has 7 heteroatoms. The quantitative estimate of drug-likeness (QED) is 0.498. The van der Waals surface area contributed by atoms with E-state index < -0.39 is 12.0 Å².